The van der Waals surface area contributed by atoms with Crippen LogP contribution in [-0.2, 0) is 20.9 Å². The van der Waals surface area contributed by atoms with Gasteiger partial charge in [-0.05, 0) is 29.7 Å². The first-order chi connectivity index (χ1) is 13.6. The third kappa shape index (κ3) is 4.97. The molecule has 1 saturated heterocycles. The van der Waals surface area contributed by atoms with Gasteiger partial charge in [-0.25, -0.2) is 0 Å². The van der Waals surface area contributed by atoms with Crippen LogP contribution < -0.4 is 5.32 Å². The molecule has 1 N–H and O–H groups in total. The van der Waals surface area contributed by atoms with Crippen LogP contribution in [0.1, 0.15) is 46.8 Å². The monoisotopic (exact) mass is 380 g/mol. The number of carbonyl (C=O) groups is 3. The fraction of sp³-hybridized carbons (Fsp3) is 0.318. The van der Waals surface area contributed by atoms with Crippen LogP contribution in [0.4, 0.5) is 0 Å². The highest BCUT2D eigenvalue weighted by Crippen LogP contribution is 2.19. The van der Waals surface area contributed by atoms with Gasteiger partial charge in [-0.1, -0.05) is 42.5 Å². The van der Waals surface area contributed by atoms with Crippen LogP contribution in [0.15, 0.2) is 54.6 Å². The molecule has 2 amide bonds. The summed E-state index contributed by atoms with van der Waals surface area (Å²) < 4.78 is 4.77. The Bertz CT molecular complexity index is 851. The standard InChI is InChI=1S/C22H24N2O4/c1-28-21(26)14-19(17-8-3-2-4-9-17)23-22(27)18-10-5-7-16(13-18)15-24-12-6-11-20(24)25/h2-5,7-10,13,19H,6,11-12,14-15H2,1H3,(H,23,27). The zero-order valence-electron chi connectivity index (χ0n) is 15.9. The molecular weight excluding hydrogens is 356 g/mol. The summed E-state index contributed by atoms with van der Waals surface area (Å²) in [5.74, 6) is -0.514. The normalized spacial score (nSPS) is 14.6. The zero-order valence-corrected chi connectivity index (χ0v) is 15.9. The molecule has 0 saturated carbocycles. The second-order valence-electron chi connectivity index (χ2n) is 6.84. The number of methoxy groups -OCH3 is 1. The van der Waals surface area contributed by atoms with E-state index in [1.165, 1.54) is 7.11 Å². The van der Waals surface area contributed by atoms with E-state index in [1.54, 1.807) is 17.0 Å². The van der Waals surface area contributed by atoms with Gasteiger partial charge >= 0.3 is 5.97 Å². The summed E-state index contributed by atoms with van der Waals surface area (Å²) in [6, 6.07) is 16.1. The van der Waals surface area contributed by atoms with Crippen molar-refractivity contribution in [2.45, 2.75) is 31.8 Å². The lowest BCUT2D eigenvalue weighted by Crippen LogP contribution is -2.30. The lowest BCUT2D eigenvalue weighted by Gasteiger charge is -2.19. The van der Waals surface area contributed by atoms with E-state index in [0.717, 1.165) is 24.1 Å². The lowest BCUT2D eigenvalue weighted by molar-refractivity contribution is -0.141. The predicted molar refractivity (Wildman–Crippen MR) is 104 cm³/mol. The second kappa shape index (κ2) is 9.17. The summed E-state index contributed by atoms with van der Waals surface area (Å²) in [6.07, 6.45) is 1.52. The first kappa shape index (κ1) is 19.6. The van der Waals surface area contributed by atoms with Gasteiger partial charge in [-0.15, -0.1) is 0 Å². The molecule has 1 unspecified atom stereocenters. The van der Waals surface area contributed by atoms with Crippen LogP contribution in [0.5, 0.6) is 0 Å². The molecule has 1 atom stereocenters. The van der Waals surface area contributed by atoms with Crippen molar-refractivity contribution < 1.29 is 19.1 Å². The molecule has 146 valence electrons. The topological polar surface area (TPSA) is 75.7 Å². The maximum Gasteiger partial charge on any atom is 0.307 e. The molecule has 2 aromatic rings. The second-order valence-corrected chi connectivity index (χ2v) is 6.84. The predicted octanol–water partition coefficient (Wildman–Crippen LogP) is 2.84. The molecule has 6 nitrogen and oxygen atoms in total. The number of esters is 1. The van der Waals surface area contributed by atoms with Gasteiger partial charge in [0.15, 0.2) is 0 Å². The Morgan fingerprint density at radius 1 is 1.14 bits per heavy atom. The number of nitrogens with zero attached hydrogens (tertiary/aromatic N) is 1. The first-order valence-corrected chi connectivity index (χ1v) is 9.36. The fourth-order valence-electron chi connectivity index (χ4n) is 3.33. The summed E-state index contributed by atoms with van der Waals surface area (Å²) >= 11 is 0. The highest BCUT2D eigenvalue weighted by molar-refractivity contribution is 5.95. The van der Waals surface area contributed by atoms with Crippen molar-refractivity contribution in [3.63, 3.8) is 0 Å². The summed E-state index contributed by atoms with van der Waals surface area (Å²) in [4.78, 5) is 38.2. The van der Waals surface area contributed by atoms with Crippen LogP contribution in [-0.4, -0.2) is 36.3 Å². The van der Waals surface area contributed by atoms with Gasteiger partial charge < -0.3 is 15.0 Å². The Labute approximate surface area is 164 Å². The van der Waals surface area contributed by atoms with Crippen molar-refractivity contribution in [1.82, 2.24) is 10.2 Å². The SMILES string of the molecule is COC(=O)CC(NC(=O)c1cccc(CN2CCCC2=O)c1)c1ccccc1. The van der Waals surface area contributed by atoms with Gasteiger partial charge in [0.05, 0.1) is 19.6 Å². The van der Waals surface area contributed by atoms with E-state index in [-0.39, 0.29) is 18.2 Å². The molecule has 0 bridgehead atoms. The molecule has 0 spiro atoms. The molecule has 6 heteroatoms. The number of ether oxygens (including phenoxy) is 1. The van der Waals surface area contributed by atoms with Crippen molar-refractivity contribution in [2.75, 3.05) is 13.7 Å². The van der Waals surface area contributed by atoms with Crippen LogP contribution in [0.3, 0.4) is 0 Å². The van der Waals surface area contributed by atoms with Gasteiger partial charge in [0, 0.05) is 25.1 Å². The number of hydrogen-bond acceptors (Lipinski definition) is 4. The van der Waals surface area contributed by atoms with E-state index in [0.29, 0.717) is 18.5 Å². The molecule has 0 aliphatic carbocycles. The largest absolute Gasteiger partial charge is 0.469 e. The lowest BCUT2D eigenvalue weighted by atomic mass is 10.0. The molecule has 0 aromatic heterocycles. The van der Waals surface area contributed by atoms with E-state index in [4.69, 9.17) is 4.74 Å². The van der Waals surface area contributed by atoms with Crippen molar-refractivity contribution >= 4 is 17.8 Å². The van der Waals surface area contributed by atoms with Crippen molar-refractivity contribution in [2.24, 2.45) is 0 Å². The maximum atomic E-state index is 12.8. The zero-order chi connectivity index (χ0) is 19.9. The Balaban J connectivity index is 1.73. The number of carbonyl (C=O) groups excluding carboxylic acids is 3. The van der Waals surface area contributed by atoms with E-state index in [9.17, 15) is 14.4 Å². The summed E-state index contributed by atoms with van der Waals surface area (Å²) in [6.45, 7) is 1.26. The molecule has 2 aromatic carbocycles. The minimum Gasteiger partial charge on any atom is -0.469 e. The average Bonchev–Trinajstić information content (AvgIpc) is 3.12. The number of nitrogens with one attached hydrogen (secondary N) is 1. The van der Waals surface area contributed by atoms with Gasteiger partial charge in [-0.2, -0.15) is 0 Å². The molecule has 1 fully saturated rings. The van der Waals surface area contributed by atoms with E-state index < -0.39 is 12.0 Å². The van der Waals surface area contributed by atoms with Crippen LogP contribution in [0.2, 0.25) is 0 Å². The Hall–Kier alpha value is -3.15. The molecule has 1 aliphatic heterocycles. The van der Waals surface area contributed by atoms with Gasteiger partial charge in [-0.3, -0.25) is 14.4 Å². The van der Waals surface area contributed by atoms with E-state index in [1.807, 2.05) is 42.5 Å². The number of hydrogen-bond donors (Lipinski definition) is 1. The number of likely N-dealkylation sites (tertiary alicyclic amines) is 1. The van der Waals surface area contributed by atoms with Crippen LogP contribution in [0.25, 0.3) is 0 Å². The highest BCUT2D eigenvalue weighted by Gasteiger charge is 2.22. The van der Waals surface area contributed by atoms with Gasteiger partial charge in [0.1, 0.15) is 0 Å². The minimum absolute atomic E-state index is 0.0498. The third-order valence-corrected chi connectivity index (χ3v) is 4.84. The van der Waals surface area contributed by atoms with E-state index in [2.05, 4.69) is 5.32 Å². The van der Waals surface area contributed by atoms with Crippen molar-refractivity contribution in [3.8, 4) is 0 Å². The Morgan fingerprint density at radius 3 is 2.61 bits per heavy atom. The fourth-order valence-corrected chi connectivity index (χ4v) is 3.33. The highest BCUT2D eigenvalue weighted by atomic mass is 16.5. The van der Waals surface area contributed by atoms with Gasteiger partial charge in [0.25, 0.3) is 5.91 Å². The smallest absolute Gasteiger partial charge is 0.307 e. The summed E-state index contributed by atoms with van der Waals surface area (Å²) in [5.41, 5.74) is 2.24. The molecule has 0 radical (unpaired) electrons. The Morgan fingerprint density at radius 2 is 1.93 bits per heavy atom. The molecular formula is C22H24N2O4. The van der Waals surface area contributed by atoms with E-state index >= 15 is 0 Å². The van der Waals surface area contributed by atoms with Crippen LogP contribution in [0, 0.1) is 0 Å². The summed E-state index contributed by atoms with van der Waals surface area (Å²) in [5, 5.41) is 2.92. The maximum absolute atomic E-state index is 12.8. The van der Waals surface area contributed by atoms with Crippen LogP contribution >= 0.6 is 0 Å². The molecule has 28 heavy (non-hydrogen) atoms. The summed E-state index contributed by atoms with van der Waals surface area (Å²) in [7, 11) is 1.33. The number of amides is 2. The molecule has 1 aliphatic rings. The van der Waals surface area contributed by atoms with Crippen molar-refractivity contribution in [1.29, 1.82) is 0 Å². The average molecular weight is 380 g/mol. The molecule has 1 heterocycles. The Kier molecular flexibility index (Phi) is 6.42. The van der Waals surface area contributed by atoms with Gasteiger partial charge in [0.2, 0.25) is 5.91 Å². The number of rotatable bonds is 7. The third-order valence-electron chi connectivity index (χ3n) is 4.84. The quantitative estimate of drug-likeness (QED) is 0.750. The minimum atomic E-state index is -0.482. The van der Waals surface area contributed by atoms with Crippen molar-refractivity contribution in [3.05, 3.63) is 71.3 Å². The first-order valence-electron chi connectivity index (χ1n) is 9.36. The number of benzene rings is 2. The molecule has 3 rings (SSSR count).